The molecule has 1 unspecified atom stereocenters. The molecule has 0 amide bonds. The molecular formula is C9H11N3O3. The number of aromatic hydroxyl groups is 1. The summed E-state index contributed by atoms with van der Waals surface area (Å²) < 4.78 is 4.89. The molecule has 1 aromatic rings. The Balaban J connectivity index is 3.17. The van der Waals surface area contributed by atoms with Crippen LogP contribution in [0.15, 0.2) is 23.3 Å². The molecule has 0 aliphatic rings. The van der Waals surface area contributed by atoms with Crippen LogP contribution in [-0.2, 0) is 0 Å². The molecule has 15 heavy (non-hydrogen) atoms. The molecule has 2 N–H and O–H groups in total. The molecule has 0 saturated carbocycles. The molecule has 0 aromatic heterocycles. The molecular weight excluding hydrogens is 198 g/mol. The van der Waals surface area contributed by atoms with Crippen molar-refractivity contribution in [1.82, 2.24) is 0 Å². The number of phenolic OH excluding ortho intramolecular Hbond substituents is 1. The third-order valence-corrected chi connectivity index (χ3v) is 1.97. The summed E-state index contributed by atoms with van der Waals surface area (Å²) in [6, 6.07) is 3.98. The minimum absolute atomic E-state index is 0.119. The first kappa shape index (κ1) is 11.2. The summed E-state index contributed by atoms with van der Waals surface area (Å²) in [6.07, 6.45) is 0. The maximum atomic E-state index is 9.70. The topological polar surface area (TPSA) is 98.5 Å². The average molecular weight is 209 g/mol. The van der Waals surface area contributed by atoms with Gasteiger partial charge in [-0.15, -0.1) is 0 Å². The number of aliphatic hydroxyl groups is 1. The van der Waals surface area contributed by atoms with E-state index in [1.54, 1.807) is 18.2 Å². The summed E-state index contributed by atoms with van der Waals surface area (Å²) in [5.74, 6) is 0.158. The van der Waals surface area contributed by atoms with Crippen LogP contribution in [0.1, 0.15) is 11.6 Å². The monoisotopic (exact) mass is 209 g/mol. The van der Waals surface area contributed by atoms with Crippen molar-refractivity contribution in [3.63, 3.8) is 0 Å². The summed E-state index contributed by atoms with van der Waals surface area (Å²) in [6.45, 7) is -0.370. The molecule has 0 saturated heterocycles. The number of methoxy groups -OCH3 is 1. The van der Waals surface area contributed by atoms with E-state index in [0.29, 0.717) is 5.56 Å². The molecule has 80 valence electrons. The van der Waals surface area contributed by atoms with E-state index in [9.17, 15) is 5.11 Å². The van der Waals surface area contributed by atoms with Gasteiger partial charge >= 0.3 is 0 Å². The molecule has 0 aliphatic heterocycles. The Bertz CT molecular complexity index is 388. The number of azide groups is 1. The maximum Gasteiger partial charge on any atom is 0.161 e. The molecule has 0 spiro atoms. The van der Waals surface area contributed by atoms with E-state index in [0.717, 1.165) is 0 Å². The van der Waals surface area contributed by atoms with E-state index in [2.05, 4.69) is 10.0 Å². The van der Waals surface area contributed by atoms with Gasteiger partial charge < -0.3 is 14.9 Å². The third-order valence-electron chi connectivity index (χ3n) is 1.97. The minimum Gasteiger partial charge on any atom is -0.504 e. The van der Waals surface area contributed by atoms with Gasteiger partial charge in [0.05, 0.1) is 19.8 Å². The highest BCUT2D eigenvalue weighted by molar-refractivity contribution is 5.46. The predicted octanol–water partition coefficient (Wildman–Crippen LogP) is 1.74. The SMILES string of the molecule is COc1cccc(C(CO)N=[N+]=[N-])c1O. The van der Waals surface area contributed by atoms with Crippen molar-refractivity contribution in [1.29, 1.82) is 0 Å². The second kappa shape index (κ2) is 5.09. The molecule has 0 aliphatic carbocycles. The molecule has 0 heterocycles. The normalized spacial score (nSPS) is 11.6. The lowest BCUT2D eigenvalue weighted by atomic mass is 10.1. The largest absolute Gasteiger partial charge is 0.504 e. The van der Waals surface area contributed by atoms with Crippen molar-refractivity contribution in [3.8, 4) is 11.5 Å². The van der Waals surface area contributed by atoms with Crippen molar-refractivity contribution >= 4 is 0 Å². The van der Waals surface area contributed by atoms with Crippen molar-refractivity contribution in [2.45, 2.75) is 6.04 Å². The highest BCUT2D eigenvalue weighted by atomic mass is 16.5. The van der Waals surface area contributed by atoms with E-state index in [1.165, 1.54) is 7.11 Å². The van der Waals surface area contributed by atoms with Crippen LogP contribution in [0.5, 0.6) is 11.5 Å². The van der Waals surface area contributed by atoms with Crippen LogP contribution in [0.3, 0.4) is 0 Å². The summed E-state index contributed by atoms with van der Waals surface area (Å²) >= 11 is 0. The van der Waals surface area contributed by atoms with Crippen LogP contribution in [0.2, 0.25) is 0 Å². The molecule has 0 bridgehead atoms. The lowest BCUT2D eigenvalue weighted by molar-refractivity contribution is 0.264. The van der Waals surface area contributed by atoms with Gasteiger partial charge in [-0.3, -0.25) is 0 Å². The Hall–Kier alpha value is -1.91. The lowest BCUT2D eigenvalue weighted by Crippen LogP contribution is -2.01. The van der Waals surface area contributed by atoms with Crippen LogP contribution in [0.4, 0.5) is 0 Å². The Labute approximate surface area is 86.4 Å². The van der Waals surface area contributed by atoms with Gasteiger partial charge in [0.15, 0.2) is 11.5 Å². The van der Waals surface area contributed by atoms with Crippen molar-refractivity contribution in [3.05, 3.63) is 34.2 Å². The third kappa shape index (κ3) is 2.31. The Kier molecular flexibility index (Phi) is 3.79. The maximum absolute atomic E-state index is 9.70. The molecule has 1 atom stereocenters. The molecule has 1 rings (SSSR count). The number of phenols is 1. The van der Waals surface area contributed by atoms with Crippen LogP contribution in [-0.4, -0.2) is 23.9 Å². The minimum atomic E-state index is -0.801. The standard InChI is InChI=1S/C9H11N3O3/c1-15-8-4-2-3-6(9(8)14)7(5-13)11-12-10/h2-4,7,13-14H,5H2,1H3. The van der Waals surface area contributed by atoms with Crippen molar-refractivity contribution < 1.29 is 14.9 Å². The summed E-state index contributed by atoms with van der Waals surface area (Å²) in [5.41, 5.74) is 8.62. The fourth-order valence-electron chi connectivity index (χ4n) is 1.23. The molecule has 0 radical (unpaired) electrons. The number of rotatable bonds is 4. The number of para-hydroxylation sites is 1. The summed E-state index contributed by atoms with van der Waals surface area (Å²) in [5, 5.41) is 22.0. The zero-order valence-electron chi connectivity index (χ0n) is 8.16. The van der Waals surface area contributed by atoms with E-state index in [-0.39, 0.29) is 18.1 Å². The first-order valence-electron chi connectivity index (χ1n) is 4.25. The van der Waals surface area contributed by atoms with Crippen LogP contribution >= 0.6 is 0 Å². The predicted molar refractivity (Wildman–Crippen MR) is 53.6 cm³/mol. The highest BCUT2D eigenvalue weighted by Gasteiger charge is 2.15. The zero-order valence-corrected chi connectivity index (χ0v) is 8.16. The van der Waals surface area contributed by atoms with E-state index < -0.39 is 6.04 Å². The second-order valence-electron chi connectivity index (χ2n) is 2.80. The van der Waals surface area contributed by atoms with E-state index in [1.807, 2.05) is 0 Å². The van der Waals surface area contributed by atoms with Crippen molar-refractivity contribution in [2.24, 2.45) is 5.11 Å². The van der Waals surface area contributed by atoms with Crippen LogP contribution < -0.4 is 4.74 Å². The van der Waals surface area contributed by atoms with E-state index in [4.69, 9.17) is 15.4 Å². The molecule has 0 fully saturated rings. The van der Waals surface area contributed by atoms with Crippen molar-refractivity contribution in [2.75, 3.05) is 13.7 Å². The van der Waals surface area contributed by atoms with Gasteiger partial charge in [0, 0.05) is 10.5 Å². The van der Waals surface area contributed by atoms with Gasteiger partial charge in [-0.25, -0.2) is 0 Å². The van der Waals surface area contributed by atoms with Gasteiger partial charge in [0.25, 0.3) is 0 Å². The average Bonchev–Trinajstić information content (AvgIpc) is 2.27. The fraction of sp³-hybridized carbons (Fsp3) is 0.333. The van der Waals surface area contributed by atoms with Gasteiger partial charge in [-0.1, -0.05) is 17.2 Å². The summed E-state index contributed by atoms with van der Waals surface area (Å²) in [4.78, 5) is 2.59. The Morgan fingerprint density at radius 3 is 2.87 bits per heavy atom. The van der Waals surface area contributed by atoms with Gasteiger partial charge in [-0.2, -0.15) is 0 Å². The smallest absolute Gasteiger partial charge is 0.161 e. The number of aliphatic hydroxyl groups excluding tert-OH is 1. The summed E-state index contributed by atoms with van der Waals surface area (Å²) in [7, 11) is 1.42. The number of hydrogen-bond donors (Lipinski definition) is 2. The number of benzene rings is 1. The molecule has 6 nitrogen and oxygen atoms in total. The molecule has 6 heteroatoms. The van der Waals surface area contributed by atoms with Gasteiger partial charge in [0.2, 0.25) is 0 Å². The first-order valence-corrected chi connectivity index (χ1v) is 4.25. The van der Waals surface area contributed by atoms with Crippen LogP contribution in [0, 0.1) is 0 Å². The van der Waals surface area contributed by atoms with Crippen LogP contribution in [0.25, 0.3) is 10.4 Å². The highest BCUT2D eigenvalue weighted by Crippen LogP contribution is 2.34. The number of hydrogen-bond acceptors (Lipinski definition) is 4. The number of ether oxygens (including phenoxy) is 1. The Morgan fingerprint density at radius 1 is 1.60 bits per heavy atom. The lowest BCUT2D eigenvalue weighted by Gasteiger charge is -2.12. The van der Waals surface area contributed by atoms with Gasteiger partial charge in [0.1, 0.15) is 0 Å². The van der Waals surface area contributed by atoms with Gasteiger partial charge in [-0.05, 0) is 11.6 Å². The number of nitrogens with zero attached hydrogens (tertiary/aromatic N) is 3. The Morgan fingerprint density at radius 2 is 2.33 bits per heavy atom. The zero-order chi connectivity index (χ0) is 11.3. The molecule has 1 aromatic carbocycles. The van der Waals surface area contributed by atoms with E-state index >= 15 is 0 Å². The first-order chi connectivity index (χ1) is 7.24. The second-order valence-corrected chi connectivity index (χ2v) is 2.80. The quantitative estimate of drug-likeness (QED) is 0.448. The fourth-order valence-corrected chi connectivity index (χ4v) is 1.23.